The van der Waals surface area contributed by atoms with Crippen LogP contribution in [0.2, 0.25) is 0 Å². The van der Waals surface area contributed by atoms with Gasteiger partial charge in [0.15, 0.2) is 5.75 Å². The molecule has 0 radical (unpaired) electrons. The Bertz CT molecular complexity index is 862. The van der Waals surface area contributed by atoms with E-state index in [1.807, 2.05) is 9.80 Å². The van der Waals surface area contributed by atoms with Gasteiger partial charge in [-0.2, -0.15) is 16.8 Å². The molecule has 1 heterocycles. The van der Waals surface area contributed by atoms with Gasteiger partial charge < -0.3 is 9.29 Å². The van der Waals surface area contributed by atoms with Crippen LogP contribution in [0.5, 0.6) is 5.75 Å². The fourth-order valence-corrected chi connectivity index (χ4v) is 4.09. The number of carbonyl (C=O) groups is 1. The molecule has 1 aliphatic rings. The van der Waals surface area contributed by atoms with Crippen molar-refractivity contribution in [1.29, 1.82) is 0 Å². The zero-order valence-corrected chi connectivity index (χ0v) is 16.2. The van der Waals surface area contributed by atoms with Crippen LogP contribution in [0.25, 0.3) is 0 Å². The fraction of sp³-hybridized carbons (Fsp3) is 0.533. The standard InChI is InChI=1S/C15H22N2O8S2/c18-15(19)13-3-1-2-4-14(13)25-27(23,24)12-10-17-7-5-16(6-8-17)9-11-26(20,21)22/h1-4H,5-12H2,(H,18,19)(H,20,21,22). The zero-order valence-electron chi connectivity index (χ0n) is 14.5. The number of benzene rings is 1. The van der Waals surface area contributed by atoms with Crippen molar-refractivity contribution in [2.45, 2.75) is 0 Å². The maximum absolute atomic E-state index is 12.1. The lowest BCUT2D eigenvalue weighted by Gasteiger charge is -2.34. The van der Waals surface area contributed by atoms with Crippen molar-refractivity contribution < 1.29 is 35.5 Å². The smallest absolute Gasteiger partial charge is 0.339 e. The third-order valence-corrected chi connectivity index (χ3v) is 5.94. The molecule has 10 nitrogen and oxygen atoms in total. The summed E-state index contributed by atoms with van der Waals surface area (Å²) in [6.07, 6.45) is 0. The second-order valence-corrected chi connectivity index (χ2v) is 9.38. The lowest BCUT2D eigenvalue weighted by atomic mass is 10.2. The van der Waals surface area contributed by atoms with Crippen LogP contribution in [0.3, 0.4) is 0 Å². The highest BCUT2D eigenvalue weighted by molar-refractivity contribution is 7.87. The number of aromatic carboxylic acids is 1. The van der Waals surface area contributed by atoms with E-state index in [0.29, 0.717) is 26.2 Å². The quantitative estimate of drug-likeness (QED) is 0.399. The topological polar surface area (TPSA) is 142 Å². The third-order valence-electron chi connectivity index (χ3n) is 4.12. The highest BCUT2D eigenvalue weighted by Gasteiger charge is 2.22. The summed E-state index contributed by atoms with van der Waals surface area (Å²) in [5, 5.41) is 9.07. The molecule has 0 aromatic heterocycles. The van der Waals surface area contributed by atoms with Gasteiger partial charge in [0.2, 0.25) is 0 Å². The molecular weight excluding hydrogens is 400 g/mol. The predicted molar refractivity (Wildman–Crippen MR) is 97.1 cm³/mol. The molecule has 1 aromatic carbocycles. The van der Waals surface area contributed by atoms with Gasteiger partial charge in [-0.05, 0) is 12.1 Å². The molecule has 27 heavy (non-hydrogen) atoms. The average Bonchev–Trinajstić information content (AvgIpc) is 2.58. The van der Waals surface area contributed by atoms with Crippen LogP contribution in [-0.4, -0.2) is 93.0 Å². The molecule has 1 aliphatic heterocycles. The maximum Gasteiger partial charge on any atom is 0.339 e. The highest BCUT2D eigenvalue weighted by Crippen LogP contribution is 2.20. The summed E-state index contributed by atoms with van der Waals surface area (Å²) in [6, 6.07) is 5.52. The molecule has 1 saturated heterocycles. The molecule has 0 bridgehead atoms. The molecule has 2 rings (SSSR count). The maximum atomic E-state index is 12.1. The van der Waals surface area contributed by atoms with E-state index in [1.54, 1.807) is 0 Å². The number of para-hydroxylation sites is 1. The molecule has 0 aliphatic carbocycles. The molecule has 1 fully saturated rings. The summed E-state index contributed by atoms with van der Waals surface area (Å²) in [4.78, 5) is 14.9. The van der Waals surface area contributed by atoms with Crippen molar-refractivity contribution in [2.75, 3.05) is 50.8 Å². The van der Waals surface area contributed by atoms with Crippen LogP contribution in [0.15, 0.2) is 24.3 Å². The molecule has 0 amide bonds. The van der Waals surface area contributed by atoms with E-state index in [0.717, 1.165) is 0 Å². The van der Waals surface area contributed by atoms with Crippen LogP contribution in [0, 0.1) is 0 Å². The van der Waals surface area contributed by atoms with E-state index in [4.69, 9.17) is 13.8 Å². The van der Waals surface area contributed by atoms with Gasteiger partial charge in [-0.25, -0.2) is 4.79 Å². The minimum atomic E-state index is -4.00. The van der Waals surface area contributed by atoms with E-state index >= 15 is 0 Å². The second-order valence-electron chi connectivity index (χ2n) is 6.12. The molecule has 1 aromatic rings. The van der Waals surface area contributed by atoms with E-state index in [1.165, 1.54) is 24.3 Å². The van der Waals surface area contributed by atoms with Gasteiger partial charge in [-0.3, -0.25) is 14.4 Å². The molecular formula is C15H22N2O8S2. The third kappa shape index (κ3) is 7.42. The summed E-state index contributed by atoms with van der Waals surface area (Å²) in [5.41, 5.74) is -0.228. The Kier molecular flexibility index (Phi) is 7.17. The van der Waals surface area contributed by atoms with Crippen LogP contribution >= 0.6 is 0 Å². The van der Waals surface area contributed by atoms with Crippen molar-refractivity contribution in [3.8, 4) is 5.75 Å². The number of rotatable bonds is 9. The van der Waals surface area contributed by atoms with Crippen molar-refractivity contribution in [1.82, 2.24) is 9.80 Å². The SMILES string of the molecule is O=C(O)c1ccccc1OS(=O)(=O)CCN1CCN(CCS(=O)(=O)O)CC1. The Morgan fingerprint density at radius 1 is 0.963 bits per heavy atom. The summed E-state index contributed by atoms with van der Waals surface area (Å²) < 4.78 is 59.5. The summed E-state index contributed by atoms with van der Waals surface area (Å²) in [7, 11) is -7.96. The first-order chi connectivity index (χ1) is 12.6. The first kappa shape index (κ1) is 21.6. The van der Waals surface area contributed by atoms with Crippen LogP contribution < -0.4 is 4.18 Å². The van der Waals surface area contributed by atoms with Crippen LogP contribution in [0.1, 0.15) is 10.4 Å². The zero-order chi connectivity index (χ0) is 20.1. The largest absolute Gasteiger partial charge is 0.478 e. The van der Waals surface area contributed by atoms with Gasteiger partial charge in [-0.15, -0.1) is 0 Å². The second kappa shape index (κ2) is 8.97. The van der Waals surface area contributed by atoms with Crippen molar-refractivity contribution >= 4 is 26.2 Å². The van der Waals surface area contributed by atoms with Gasteiger partial charge in [0.25, 0.3) is 10.1 Å². The van der Waals surface area contributed by atoms with Gasteiger partial charge in [0.05, 0.1) is 11.5 Å². The minimum Gasteiger partial charge on any atom is -0.478 e. The summed E-state index contributed by atoms with van der Waals surface area (Å²) in [5.74, 6) is -2.13. The van der Waals surface area contributed by atoms with E-state index in [-0.39, 0.29) is 35.9 Å². The number of carboxylic acids is 1. The van der Waals surface area contributed by atoms with E-state index < -0.39 is 26.2 Å². The van der Waals surface area contributed by atoms with Crippen molar-refractivity contribution in [3.05, 3.63) is 29.8 Å². The molecule has 2 N–H and O–H groups in total. The van der Waals surface area contributed by atoms with Gasteiger partial charge in [-0.1, -0.05) is 12.1 Å². The monoisotopic (exact) mass is 422 g/mol. The predicted octanol–water partition coefficient (Wildman–Crippen LogP) is -0.401. The van der Waals surface area contributed by atoms with Crippen molar-refractivity contribution in [2.24, 2.45) is 0 Å². The molecule has 0 saturated carbocycles. The highest BCUT2D eigenvalue weighted by atomic mass is 32.2. The lowest BCUT2D eigenvalue weighted by molar-refractivity contribution is 0.0695. The molecule has 0 spiro atoms. The average molecular weight is 422 g/mol. The minimum absolute atomic E-state index is 0.212. The molecule has 152 valence electrons. The molecule has 0 unspecified atom stereocenters. The van der Waals surface area contributed by atoms with Gasteiger partial charge in [0.1, 0.15) is 5.56 Å². The number of hydrogen-bond acceptors (Lipinski definition) is 8. The van der Waals surface area contributed by atoms with Crippen LogP contribution in [0.4, 0.5) is 0 Å². The number of piperazine rings is 1. The Hall–Kier alpha value is -1.73. The Balaban J connectivity index is 1.82. The number of hydrogen-bond donors (Lipinski definition) is 2. The Morgan fingerprint density at radius 3 is 2.00 bits per heavy atom. The van der Waals surface area contributed by atoms with Crippen molar-refractivity contribution in [3.63, 3.8) is 0 Å². The molecule has 0 atom stereocenters. The summed E-state index contributed by atoms with van der Waals surface area (Å²) >= 11 is 0. The van der Waals surface area contributed by atoms with E-state index in [9.17, 15) is 21.6 Å². The van der Waals surface area contributed by atoms with Crippen LogP contribution in [-0.2, 0) is 20.2 Å². The molecule has 12 heteroatoms. The normalized spacial score (nSPS) is 16.9. The Morgan fingerprint density at radius 2 is 1.48 bits per heavy atom. The lowest BCUT2D eigenvalue weighted by Crippen LogP contribution is -2.48. The fourth-order valence-electron chi connectivity index (χ4n) is 2.62. The first-order valence-corrected chi connectivity index (χ1v) is 11.4. The first-order valence-electron chi connectivity index (χ1n) is 8.20. The number of nitrogens with zero attached hydrogens (tertiary/aromatic N) is 2. The van der Waals surface area contributed by atoms with Gasteiger partial charge in [0, 0.05) is 39.3 Å². The Labute approximate surface area is 158 Å². The van der Waals surface area contributed by atoms with Gasteiger partial charge >= 0.3 is 16.1 Å². The summed E-state index contributed by atoms with van der Waals surface area (Å²) in [6.45, 7) is 2.64. The number of carboxylic acid groups (broad SMARTS) is 1. The van der Waals surface area contributed by atoms with E-state index in [2.05, 4.69) is 0 Å².